The number of aromatic nitrogens is 3. The lowest BCUT2D eigenvalue weighted by Crippen LogP contribution is -1.97. The molecule has 0 aliphatic heterocycles. The number of nitrogens with zero attached hydrogens (tertiary/aromatic N) is 3. The smallest absolute Gasteiger partial charge is 0.208 e. The first kappa shape index (κ1) is 16.1. The Kier molecular flexibility index (Phi) is 4.82. The maximum absolute atomic E-state index is 6.09. The van der Waals surface area contributed by atoms with Crippen LogP contribution in [0.4, 0.5) is 0 Å². The summed E-state index contributed by atoms with van der Waals surface area (Å²) in [6.45, 7) is 5.82. The molecule has 24 heavy (non-hydrogen) atoms. The molecule has 0 fully saturated rings. The summed E-state index contributed by atoms with van der Waals surface area (Å²) in [5.41, 5.74) is 3.97. The zero-order chi connectivity index (χ0) is 16.9. The van der Waals surface area contributed by atoms with Crippen molar-refractivity contribution in [2.75, 3.05) is 0 Å². The molecule has 1 aromatic heterocycles. The molecule has 0 radical (unpaired) electrons. The molecule has 0 aliphatic carbocycles. The van der Waals surface area contributed by atoms with Gasteiger partial charge < -0.3 is 0 Å². The van der Waals surface area contributed by atoms with Crippen molar-refractivity contribution in [3.8, 4) is 22.8 Å². The molecule has 1 heterocycles. The molecule has 2 aromatic carbocycles. The maximum Gasteiger partial charge on any atom is 0.226 e. The van der Waals surface area contributed by atoms with E-state index in [0.29, 0.717) is 11.6 Å². The molecular formula is C20H16ClN3. The highest BCUT2D eigenvalue weighted by Gasteiger charge is 2.09. The van der Waals surface area contributed by atoms with Crippen molar-refractivity contribution in [1.29, 1.82) is 0 Å². The van der Waals surface area contributed by atoms with E-state index < -0.39 is 0 Å². The van der Waals surface area contributed by atoms with Crippen molar-refractivity contribution >= 4 is 17.2 Å². The van der Waals surface area contributed by atoms with Gasteiger partial charge in [0.05, 0.1) is 0 Å². The van der Waals surface area contributed by atoms with Gasteiger partial charge in [-0.3, -0.25) is 0 Å². The van der Waals surface area contributed by atoms with Gasteiger partial charge in [0.15, 0.2) is 11.6 Å². The SMILES string of the molecule is C=C/C(=C\C)c1ccc(-c2nc(Cl)nc(-c3ccccc3)n2)cc1. The lowest BCUT2D eigenvalue weighted by Gasteiger charge is -2.06. The van der Waals surface area contributed by atoms with Crippen LogP contribution in [0, 0.1) is 0 Å². The summed E-state index contributed by atoms with van der Waals surface area (Å²) >= 11 is 6.09. The third-order valence-electron chi connectivity index (χ3n) is 3.65. The van der Waals surface area contributed by atoms with Gasteiger partial charge >= 0.3 is 0 Å². The van der Waals surface area contributed by atoms with Crippen LogP contribution < -0.4 is 0 Å². The van der Waals surface area contributed by atoms with Crippen LogP contribution in [0.5, 0.6) is 0 Å². The fourth-order valence-corrected chi connectivity index (χ4v) is 2.57. The van der Waals surface area contributed by atoms with Gasteiger partial charge in [-0.15, -0.1) is 0 Å². The predicted molar refractivity (Wildman–Crippen MR) is 99.6 cm³/mol. The van der Waals surface area contributed by atoms with Gasteiger partial charge in [-0.1, -0.05) is 73.3 Å². The second kappa shape index (κ2) is 7.20. The summed E-state index contributed by atoms with van der Waals surface area (Å²) in [6, 6.07) is 17.7. The summed E-state index contributed by atoms with van der Waals surface area (Å²) in [5.74, 6) is 1.12. The Balaban J connectivity index is 2.01. The highest BCUT2D eigenvalue weighted by Crippen LogP contribution is 2.23. The number of benzene rings is 2. The van der Waals surface area contributed by atoms with Crippen molar-refractivity contribution in [2.45, 2.75) is 6.92 Å². The predicted octanol–water partition coefficient (Wildman–Crippen LogP) is 5.45. The molecule has 0 saturated heterocycles. The molecule has 0 atom stereocenters. The largest absolute Gasteiger partial charge is 0.226 e. The zero-order valence-electron chi connectivity index (χ0n) is 13.3. The minimum absolute atomic E-state index is 0.183. The standard InChI is InChI=1S/C20H16ClN3/c1-3-14(4-2)15-10-12-17(13-11-15)19-22-18(23-20(21)24-19)16-8-6-5-7-9-16/h3-13H,1H2,2H3/b14-4+. The van der Waals surface area contributed by atoms with Gasteiger partial charge in [-0.2, -0.15) is 9.97 Å². The quantitative estimate of drug-likeness (QED) is 0.596. The van der Waals surface area contributed by atoms with E-state index in [4.69, 9.17) is 11.6 Å². The van der Waals surface area contributed by atoms with Crippen LogP contribution in [0.15, 0.2) is 73.3 Å². The zero-order valence-corrected chi connectivity index (χ0v) is 14.0. The van der Waals surface area contributed by atoms with Crippen molar-refractivity contribution in [3.63, 3.8) is 0 Å². The average molecular weight is 334 g/mol. The Morgan fingerprint density at radius 3 is 2.00 bits per heavy atom. The van der Waals surface area contributed by atoms with Gasteiger partial charge in [0.2, 0.25) is 5.28 Å². The van der Waals surface area contributed by atoms with E-state index in [1.54, 1.807) is 0 Å². The highest BCUT2D eigenvalue weighted by atomic mass is 35.5. The summed E-state index contributed by atoms with van der Waals surface area (Å²) in [6.07, 6.45) is 3.86. The third-order valence-corrected chi connectivity index (χ3v) is 3.82. The number of allylic oxidation sites excluding steroid dienone is 3. The number of halogens is 1. The van der Waals surface area contributed by atoms with E-state index in [2.05, 4.69) is 21.5 Å². The Hall–Kier alpha value is -2.78. The van der Waals surface area contributed by atoms with Crippen molar-refractivity contribution in [2.24, 2.45) is 0 Å². The van der Waals surface area contributed by atoms with Crippen LogP contribution in [0.1, 0.15) is 12.5 Å². The minimum atomic E-state index is 0.183. The number of hydrogen-bond donors (Lipinski definition) is 0. The molecule has 0 N–H and O–H groups in total. The van der Waals surface area contributed by atoms with Gasteiger partial charge in [0.25, 0.3) is 0 Å². The molecule has 0 amide bonds. The second-order valence-corrected chi connectivity index (χ2v) is 5.48. The van der Waals surface area contributed by atoms with E-state index in [0.717, 1.165) is 22.3 Å². The monoisotopic (exact) mass is 333 g/mol. The van der Waals surface area contributed by atoms with E-state index >= 15 is 0 Å². The van der Waals surface area contributed by atoms with E-state index in [1.165, 1.54) is 0 Å². The third kappa shape index (κ3) is 3.42. The molecule has 3 rings (SSSR count). The molecule has 4 heteroatoms. The minimum Gasteiger partial charge on any atom is -0.208 e. The van der Waals surface area contributed by atoms with E-state index in [1.807, 2.05) is 73.7 Å². The first-order valence-electron chi connectivity index (χ1n) is 7.58. The fraction of sp³-hybridized carbons (Fsp3) is 0.0500. The Bertz CT molecular complexity index is 885. The lowest BCUT2D eigenvalue weighted by molar-refractivity contribution is 1.07. The molecular weight excluding hydrogens is 318 g/mol. The molecule has 3 aromatic rings. The molecule has 0 aliphatic rings. The molecule has 3 nitrogen and oxygen atoms in total. The topological polar surface area (TPSA) is 38.7 Å². The van der Waals surface area contributed by atoms with Crippen molar-refractivity contribution in [3.05, 3.63) is 84.2 Å². The normalized spacial score (nSPS) is 11.3. The van der Waals surface area contributed by atoms with Crippen LogP contribution in [-0.2, 0) is 0 Å². The molecule has 0 bridgehead atoms. The van der Waals surface area contributed by atoms with Crippen LogP contribution >= 0.6 is 11.6 Å². The maximum atomic E-state index is 6.09. The molecule has 0 saturated carbocycles. The van der Waals surface area contributed by atoms with Gasteiger partial charge in [-0.05, 0) is 29.7 Å². The molecule has 118 valence electrons. The van der Waals surface area contributed by atoms with Crippen LogP contribution in [-0.4, -0.2) is 15.0 Å². The first-order valence-corrected chi connectivity index (χ1v) is 7.95. The first-order chi connectivity index (χ1) is 11.7. The lowest BCUT2D eigenvalue weighted by atomic mass is 10.0. The Labute approximate surface area is 146 Å². The van der Waals surface area contributed by atoms with Crippen molar-refractivity contribution in [1.82, 2.24) is 15.0 Å². The van der Waals surface area contributed by atoms with E-state index in [-0.39, 0.29) is 5.28 Å². The second-order valence-electron chi connectivity index (χ2n) is 5.14. The van der Waals surface area contributed by atoms with Crippen molar-refractivity contribution < 1.29 is 0 Å². The summed E-state index contributed by atoms with van der Waals surface area (Å²) < 4.78 is 0. The fourth-order valence-electron chi connectivity index (χ4n) is 2.41. The number of hydrogen-bond acceptors (Lipinski definition) is 3. The van der Waals surface area contributed by atoms with Crippen LogP contribution in [0.3, 0.4) is 0 Å². The summed E-state index contributed by atoms with van der Waals surface area (Å²) in [5, 5.41) is 0.183. The molecule has 0 unspecified atom stereocenters. The van der Waals surface area contributed by atoms with E-state index in [9.17, 15) is 0 Å². The van der Waals surface area contributed by atoms with Gasteiger partial charge in [-0.25, -0.2) is 4.98 Å². The number of rotatable bonds is 4. The van der Waals surface area contributed by atoms with Gasteiger partial charge in [0.1, 0.15) is 0 Å². The summed E-state index contributed by atoms with van der Waals surface area (Å²) in [4.78, 5) is 13.0. The Morgan fingerprint density at radius 2 is 1.46 bits per heavy atom. The highest BCUT2D eigenvalue weighted by molar-refractivity contribution is 6.28. The Morgan fingerprint density at radius 1 is 0.875 bits per heavy atom. The van der Waals surface area contributed by atoms with Crippen LogP contribution in [0.25, 0.3) is 28.3 Å². The van der Waals surface area contributed by atoms with Gasteiger partial charge in [0, 0.05) is 11.1 Å². The van der Waals surface area contributed by atoms with Crippen LogP contribution in [0.2, 0.25) is 5.28 Å². The average Bonchev–Trinajstić information content (AvgIpc) is 2.63. The molecule has 0 spiro atoms. The summed E-state index contributed by atoms with van der Waals surface area (Å²) in [7, 11) is 0.